The van der Waals surface area contributed by atoms with Gasteiger partial charge >= 0.3 is 0 Å². The van der Waals surface area contributed by atoms with E-state index in [1.165, 1.54) is 0 Å². The maximum atomic E-state index is 11.3. The fourth-order valence-corrected chi connectivity index (χ4v) is 2.55. The van der Waals surface area contributed by atoms with Gasteiger partial charge in [0.1, 0.15) is 0 Å². The van der Waals surface area contributed by atoms with Crippen LogP contribution in [0.1, 0.15) is 19.3 Å². The summed E-state index contributed by atoms with van der Waals surface area (Å²) in [4.78, 5) is 11.3. The molecule has 2 fully saturated rings. The highest BCUT2D eigenvalue weighted by Crippen LogP contribution is 2.28. The second-order valence-corrected chi connectivity index (χ2v) is 4.98. The summed E-state index contributed by atoms with van der Waals surface area (Å²) >= 11 is 0. The van der Waals surface area contributed by atoms with Crippen LogP contribution in [-0.2, 0) is 9.53 Å². The molecule has 0 bridgehead atoms. The van der Waals surface area contributed by atoms with Gasteiger partial charge in [-0.25, -0.2) is 0 Å². The number of benzene rings is 1. The zero-order valence-corrected chi connectivity index (χ0v) is 10.9. The number of nitrogens with one attached hydrogen (secondary N) is 2. The summed E-state index contributed by atoms with van der Waals surface area (Å²) < 4.78 is 5.37. The summed E-state index contributed by atoms with van der Waals surface area (Å²) in [6.07, 6.45) is 2.62. The van der Waals surface area contributed by atoms with E-state index in [4.69, 9.17) is 4.74 Å². The lowest BCUT2D eigenvalue weighted by Crippen LogP contribution is -2.34. The quantitative estimate of drug-likeness (QED) is 0.866. The Hall–Kier alpha value is -1.75. The lowest BCUT2D eigenvalue weighted by atomic mass is 10.1. The number of amides is 1. The molecule has 2 N–H and O–H groups in total. The largest absolute Gasteiger partial charge is 0.381 e. The van der Waals surface area contributed by atoms with Crippen molar-refractivity contribution in [3.8, 4) is 0 Å². The summed E-state index contributed by atoms with van der Waals surface area (Å²) in [5.41, 5.74) is 5.00. The van der Waals surface area contributed by atoms with Crippen LogP contribution in [-0.4, -0.2) is 31.7 Å². The molecule has 1 aromatic carbocycles. The average Bonchev–Trinajstić information content (AvgIpc) is 2.87. The molecule has 0 radical (unpaired) electrons. The Bertz CT molecular complexity index is 458. The van der Waals surface area contributed by atoms with E-state index in [0.717, 1.165) is 44.0 Å². The molecule has 102 valence electrons. The van der Waals surface area contributed by atoms with Crippen molar-refractivity contribution in [3.05, 3.63) is 24.3 Å². The van der Waals surface area contributed by atoms with Crippen LogP contribution in [0.3, 0.4) is 0 Å². The zero-order chi connectivity index (χ0) is 13.1. The minimum Gasteiger partial charge on any atom is -0.381 e. The molecular weight excluding hydrogens is 242 g/mol. The number of anilines is 2. The summed E-state index contributed by atoms with van der Waals surface area (Å²) in [7, 11) is 0. The van der Waals surface area contributed by atoms with Gasteiger partial charge in [-0.3, -0.25) is 15.2 Å². The fraction of sp³-hybridized carbons (Fsp3) is 0.500. The van der Waals surface area contributed by atoms with Crippen molar-refractivity contribution in [2.75, 3.05) is 30.1 Å². The van der Waals surface area contributed by atoms with Gasteiger partial charge in [0, 0.05) is 32.2 Å². The highest BCUT2D eigenvalue weighted by Gasteiger charge is 2.22. The molecule has 2 heterocycles. The summed E-state index contributed by atoms with van der Waals surface area (Å²) in [5, 5.41) is 5.49. The van der Waals surface area contributed by atoms with E-state index in [1.54, 1.807) is 0 Å². The zero-order valence-electron chi connectivity index (χ0n) is 10.9. The first-order valence-corrected chi connectivity index (χ1v) is 6.83. The van der Waals surface area contributed by atoms with E-state index >= 15 is 0 Å². The van der Waals surface area contributed by atoms with Gasteiger partial charge in [-0.2, -0.15) is 0 Å². The fourth-order valence-electron chi connectivity index (χ4n) is 2.55. The number of carbonyl (C=O) groups is 1. The number of ether oxygens (including phenoxy) is 1. The van der Waals surface area contributed by atoms with Crippen molar-refractivity contribution in [1.29, 1.82) is 0 Å². The standard InChI is InChI=1S/C14H19N3O2/c18-14-5-8-17(16-14)13-4-2-1-3-12(13)15-11-6-9-19-10-7-11/h1-4,11,15H,5-10H2,(H,16,18). The van der Waals surface area contributed by atoms with Crippen LogP contribution >= 0.6 is 0 Å². The molecule has 0 spiro atoms. The van der Waals surface area contributed by atoms with Crippen LogP contribution in [0.15, 0.2) is 24.3 Å². The Morgan fingerprint density at radius 2 is 2.05 bits per heavy atom. The predicted octanol–water partition coefficient (Wildman–Crippen LogP) is 1.52. The maximum Gasteiger partial charge on any atom is 0.240 e. The van der Waals surface area contributed by atoms with Gasteiger partial charge in [0.2, 0.25) is 5.91 Å². The number of nitrogens with zero attached hydrogens (tertiary/aromatic N) is 1. The smallest absolute Gasteiger partial charge is 0.240 e. The predicted molar refractivity (Wildman–Crippen MR) is 74.0 cm³/mol. The molecule has 3 rings (SSSR count). The van der Waals surface area contributed by atoms with Crippen molar-refractivity contribution in [2.45, 2.75) is 25.3 Å². The van der Waals surface area contributed by atoms with Crippen molar-refractivity contribution >= 4 is 17.3 Å². The number of hydrazine groups is 1. The minimum absolute atomic E-state index is 0.0841. The van der Waals surface area contributed by atoms with E-state index in [2.05, 4.69) is 16.8 Å². The first kappa shape index (κ1) is 12.3. The van der Waals surface area contributed by atoms with E-state index < -0.39 is 0 Å². The Balaban J connectivity index is 1.75. The van der Waals surface area contributed by atoms with Gasteiger partial charge in [-0.15, -0.1) is 0 Å². The molecule has 0 unspecified atom stereocenters. The SMILES string of the molecule is O=C1CCN(c2ccccc2NC2CCOCC2)N1. The monoisotopic (exact) mass is 261 g/mol. The average molecular weight is 261 g/mol. The number of rotatable bonds is 3. The Kier molecular flexibility index (Phi) is 3.55. The van der Waals surface area contributed by atoms with E-state index in [0.29, 0.717) is 12.5 Å². The molecule has 1 amide bonds. The highest BCUT2D eigenvalue weighted by molar-refractivity contribution is 5.84. The first-order chi connectivity index (χ1) is 9.33. The molecule has 5 nitrogen and oxygen atoms in total. The topological polar surface area (TPSA) is 53.6 Å². The molecule has 5 heteroatoms. The molecule has 2 aliphatic rings. The number of carbonyl (C=O) groups excluding carboxylic acids is 1. The van der Waals surface area contributed by atoms with Gasteiger partial charge in [-0.1, -0.05) is 12.1 Å². The summed E-state index contributed by atoms with van der Waals surface area (Å²) in [5.74, 6) is 0.0841. The van der Waals surface area contributed by atoms with Crippen LogP contribution in [0.2, 0.25) is 0 Å². The third-order valence-corrected chi connectivity index (χ3v) is 3.60. The van der Waals surface area contributed by atoms with Crippen molar-refractivity contribution < 1.29 is 9.53 Å². The third-order valence-electron chi connectivity index (χ3n) is 3.60. The molecule has 0 aromatic heterocycles. The molecule has 0 saturated carbocycles. The lowest BCUT2D eigenvalue weighted by molar-refractivity contribution is -0.119. The van der Waals surface area contributed by atoms with Gasteiger partial charge in [0.25, 0.3) is 0 Å². The molecule has 2 saturated heterocycles. The van der Waals surface area contributed by atoms with Crippen LogP contribution < -0.4 is 15.8 Å². The van der Waals surface area contributed by atoms with E-state index in [1.807, 2.05) is 23.2 Å². The Morgan fingerprint density at radius 1 is 1.26 bits per heavy atom. The summed E-state index contributed by atoms with van der Waals surface area (Å²) in [6, 6.07) is 8.56. The molecule has 0 atom stereocenters. The van der Waals surface area contributed by atoms with E-state index in [9.17, 15) is 4.79 Å². The molecule has 2 aliphatic heterocycles. The normalized spacial score (nSPS) is 20.4. The van der Waals surface area contributed by atoms with Gasteiger partial charge in [0.05, 0.1) is 11.4 Å². The van der Waals surface area contributed by atoms with Crippen molar-refractivity contribution in [2.24, 2.45) is 0 Å². The third kappa shape index (κ3) is 2.81. The van der Waals surface area contributed by atoms with Crippen LogP contribution in [0.25, 0.3) is 0 Å². The highest BCUT2D eigenvalue weighted by atomic mass is 16.5. The van der Waals surface area contributed by atoms with Crippen molar-refractivity contribution in [3.63, 3.8) is 0 Å². The Morgan fingerprint density at radius 3 is 2.79 bits per heavy atom. The minimum atomic E-state index is 0.0841. The number of hydrogen-bond donors (Lipinski definition) is 2. The van der Waals surface area contributed by atoms with Crippen LogP contribution in [0, 0.1) is 0 Å². The maximum absolute atomic E-state index is 11.3. The summed E-state index contributed by atoms with van der Waals surface area (Å²) in [6.45, 7) is 2.37. The molecule has 0 aliphatic carbocycles. The number of para-hydroxylation sites is 2. The Labute approximate surface area is 112 Å². The number of hydrogen-bond acceptors (Lipinski definition) is 4. The molecule has 19 heavy (non-hydrogen) atoms. The van der Waals surface area contributed by atoms with Gasteiger partial charge < -0.3 is 10.1 Å². The van der Waals surface area contributed by atoms with Gasteiger partial charge in [-0.05, 0) is 25.0 Å². The van der Waals surface area contributed by atoms with Crippen molar-refractivity contribution in [1.82, 2.24) is 5.43 Å². The first-order valence-electron chi connectivity index (χ1n) is 6.83. The second kappa shape index (κ2) is 5.48. The van der Waals surface area contributed by atoms with Gasteiger partial charge in [0.15, 0.2) is 0 Å². The molecular formula is C14H19N3O2. The lowest BCUT2D eigenvalue weighted by Gasteiger charge is -2.27. The van der Waals surface area contributed by atoms with Crippen LogP contribution in [0.5, 0.6) is 0 Å². The van der Waals surface area contributed by atoms with Crippen LogP contribution in [0.4, 0.5) is 11.4 Å². The second-order valence-electron chi connectivity index (χ2n) is 4.98. The molecule has 1 aromatic rings. The van der Waals surface area contributed by atoms with E-state index in [-0.39, 0.29) is 5.91 Å².